The number of amides is 2. The van der Waals surface area contributed by atoms with Crippen LogP contribution in [0.15, 0.2) is 33.7 Å². The Morgan fingerprint density at radius 2 is 2.35 bits per heavy atom. The second-order valence-electron chi connectivity index (χ2n) is 5.39. The predicted octanol–water partition coefficient (Wildman–Crippen LogP) is 0.316. The first kappa shape index (κ1) is 15.0. The van der Waals surface area contributed by atoms with Gasteiger partial charge in [0.05, 0.1) is 12.3 Å². The molecule has 2 amide bonds. The summed E-state index contributed by atoms with van der Waals surface area (Å²) in [4.78, 5) is 37.5. The Labute approximate surface area is 131 Å². The van der Waals surface area contributed by atoms with Crippen LogP contribution in [0.2, 0.25) is 0 Å². The molecular formula is C15H16N4O4. The van der Waals surface area contributed by atoms with Crippen LogP contribution in [-0.2, 0) is 0 Å². The molecule has 0 aromatic carbocycles. The highest BCUT2D eigenvalue weighted by molar-refractivity contribution is 5.93. The predicted molar refractivity (Wildman–Crippen MR) is 80.1 cm³/mol. The highest BCUT2D eigenvalue weighted by atomic mass is 16.3. The third kappa shape index (κ3) is 3.01. The summed E-state index contributed by atoms with van der Waals surface area (Å²) in [6, 6.07) is 4.46. The van der Waals surface area contributed by atoms with Crippen LogP contribution in [0.25, 0.3) is 0 Å². The molecule has 1 atom stereocenters. The molecule has 2 N–H and O–H groups in total. The quantitative estimate of drug-likeness (QED) is 0.844. The molecule has 8 nitrogen and oxygen atoms in total. The number of nitrogens with zero attached hydrogens (tertiary/aromatic N) is 2. The number of carbonyl (C=O) groups excluding carboxylic acids is 2. The van der Waals surface area contributed by atoms with Gasteiger partial charge in [-0.15, -0.1) is 0 Å². The number of carbonyl (C=O) groups is 2. The first-order chi connectivity index (χ1) is 11.1. The molecule has 3 heterocycles. The maximum atomic E-state index is 12.2. The second-order valence-corrected chi connectivity index (χ2v) is 5.39. The lowest BCUT2D eigenvalue weighted by atomic mass is 10.0. The first-order valence-corrected chi connectivity index (χ1v) is 7.25. The second kappa shape index (κ2) is 6.07. The molecule has 1 saturated heterocycles. The zero-order chi connectivity index (χ0) is 16.4. The number of rotatable bonds is 4. The van der Waals surface area contributed by atoms with Crippen LogP contribution in [-0.4, -0.2) is 46.0 Å². The van der Waals surface area contributed by atoms with Crippen LogP contribution < -0.4 is 10.7 Å². The van der Waals surface area contributed by atoms with E-state index in [1.807, 2.05) is 0 Å². The average Bonchev–Trinajstić information content (AvgIpc) is 3.00. The van der Waals surface area contributed by atoms with Crippen molar-refractivity contribution in [1.82, 2.24) is 20.4 Å². The van der Waals surface area contributed by atoms with Gasteiger partial charge in [-0.1, -0.05) is 0 Å². The molecule has 0 bridgehead atoms. The van der Waals surface area contributed by atoms with E-state index in [9.17, 15) is 14.4 Å². The summed E-state index contributed by atoms with van der Waals surface area (Å²) in [5, 5.41) is 8.99. The third-order valence-electron chi connectivity index (χ3n) is 3.78. The van der Waals surface area contributed by atoms with Gasteiger partial charge in [-0.05, 0) is 25.5 Å². The van der Waals surface area contributed by atoms with Gasteiger partial charge in [0, 0.05) is 24.8 Å². The minimum Gasteiger partial charge on any atom is -0.459 e. The van der Waals surface area contributed by atoms with Crippen LogP contribution in [0.3, 0.4) is 0 Å². The van der Waals surface area contributed by atoms with Crippen LogP contribution in [0.1, 0.15) is 33.2 Å². The Hall–Kier alpha value is -2.90. The molecular weight excluding hydrogens is 300 g/mol. The first-order valence-electron chi connectivity index (χ1n) is 7.25. The fourth-order valence-corrected chi connectivity index (χ4v) is 2.42. The highest BCUT2D eigenvalue weighted by Crippen LogP contribution is 2.20. The van der Waals surface area contributed by atoms with E-state index in [2.05, 4.69) is 15.5 Å². The average molecular weight is 316 g/mol. The summed E-state index contributed by atoms with van der Waals surface area (Å²) in [5.74, 6) is -0.479. The zero-order valence-electron chi connectivity index (χ0n) is 12.5. The number of aryl methyl sites for hydroxylation is 1. The minimum atomic E-state index is -0.552. The van der Waals surface area contributed by atoms with Crippen molar-refractivity contribution in [2.75, 3.05) is 13.1 Å². The number of aromatic amines is 1. The topological polar surface area (TPSA) is 108 Å². The van der Waals surface area contributed by atoms with Crippen molar-refractivity contribution in [2.24, 2.45) is 0 Å². The third-order valence-corrected chi connectivity index (χ3v) is 3.78. The van der Waals surface area contributed by atoms with Gasteiger partial charge in [0.2, 0.25) is 5.43 Å². The molecule has 0 radical (unpaired) electrons. The SMILES string of the molecule is Cc1cc(=O)c(C(=O)NCC2CCN2C(=O)c2ccco2)n[nH]1. The van der Waals surface area contributed by atoms with Crippen molar-refractivity contribution >= 4 is 11.8 Å². The van der Waals surface area contributed by atoms with Crippen LogP contribution in [0.5, 0.6) is 0 Å². The fourth-order valence-electron chi connectivity index (χ4n) is 2.42. The molecule has 0 spiro atoms. The molecule has 1 unspecified atom stereocenters. The van der Waals surface area contributed by atoms with Gasteiger partial charge in [-0.25, -0.2) is 0 Å². The molecule has 120 valence electrons. The van der Waals surface area contributed by atoms with Gasteiger partial charge in [-0.2, -0.15) is 5.10 Å². The van der Waals surface area contributed by atoms with Gasteiger partial charge >= 0.3 is 0 Å². The molecule has 0 aliphatic carbocycles. The molecule has 1 aliphatic heterocycles. The molecule has 3 rings (SSSR count). The maximum absolute atomic E-state index is 12.2. The van der Waals surface area contributed by atoms with Crippen molar-refractivity contribution in [3.05, 3.63) is 51.8 Å². The summed E-state index contributed by atoms with van der Waals surface area (Å²) < 4.78 is 5.09. The Bertz CT molecular complexity index is 781. The molecule has 0 saturated carbocycles. The van der Waals surface area contributed by atoms with E-state index in [1.165, 1.54) is 12.3 Å². The summed E-state index contributed by atoms with van der Waals surface area (Å²) >= 11 is 0. The van der Waals surface area contributed by atoms with Gasteiger partial charge in [0.25, 0.3) is 11.8 Å². The standard InChI is InChI=1S/C15H16N4O4/c1-9-7-11(20)13(18-17-9)14(21)16-8-10-4-5-19(10)15(22)12-3-2-6-23-12/h2-3,6-7,10H,4-5,8H2,1H3,(H,16,21)(H,17,20). The van der Waals surface area contributed by atoms with Crippen molar-refractivity contribution in [3.8, 4) is 0 Å². The van der Waals surface area contributed by atoms with E-state index >= 15 is 0 Å². The molecule has 2 aromatic heterocycles. The van der Waals surface area contributed by atoms with E-state index < -0.39 is 11.3 Å². The van der Waals surface area contributed by atoms with E-state index in [0.29, 0.717) is 12.2 Å². The lowest BCUT2D eigenvalue weighted by Crippen LogP contribution is -2.56. The number of likely N-dealkylation sites (tertiary alicyclic amines) is 1. The van der Waals surface area contributed by atoms with Crippen molar-refractivity contribution in [3.63, 3.8) is 0 Å². The number of nitrogens with one attached hydrogen (secondary N) is 2. The Balaban J connectivity index is 1.59. The zero-order valence-corrected chi connectivity index (χ0v) is 12.5. The van der Waals surface area contributed by atoms with Gasteiger partial charge in [0.1, 0.15) is 0 Å². The maximum Gasteiger partial charge on any atom is 0.289 e. The summed E-state index contributed by atoms with van der Waals surface area (Å²) in [6.07, 6.45) is 2.23. The van der Waals surface area contributed by atoms with E-state index in [-0.39, 0.29) is 29.9 Å². The molecule has 1 aliphatic rings. The summed E-state index contributed by atoms with van der Waals surface area (Å²) in [7, 11) is 0. The fraction of sp³-hybridized carbons (Fsp3) is 0.333. The highest BCUT2D eigenvalue weighted by Gasteiger charge is 2.34. The van der Waals surface area contributed by atoms with Gasteiger partial charge < -0.3 is 14.6 Å². The van der Waals surface area contributed by atoms with Crippen LogP contribution in [0.4, 0.5) is 0 Å². The Morgan fingerprint density at radius 1 is 1.52 bits per heavy atom. The number of H-pyrrole nitrogens is 1. The summed E-state index contributed by atoms with van der Waals surface area (Å²) in [5.41, 5.74) is -0.0320. The number of aromatic nitrogens is 2. The van der Waals surface area contributed by atoms with Crippen molar-refractivity contribution < 1.29 is 14.0 Å². The molecule has 8 heteroatoms. The molecule has 2 aromatic rings. The largest absolute Gasteiger partial charge is 0.459 e. The Morgan fingerprint density at radius 3 is 2.96 bits per heavy atom. The summed E-state index contributed by atoms with van der Waals surface area (Å²) in [6.45, 7) is 2.56. The lowest BCUT2D eigenvalue weighted by Gasteiger charge is -2.40. The Kier molecular flexibility index (Phi) is 3.96. The normalized spacial score (nSPS) is 16.7. The van der Waals surface area contributed by atoms with Crippen LogP contribution in [0, 0.1) is 6.92 Å². The van der Waals surface area contributed by atoms with Gasteiger partial charge in [-0.3, -0.25) is 19.5 Å². The van der Waals surface area contributed by atoms with Gasteiger partial charge in [0.15, 0.2) is 11.5 Å². The number of hydrogen-bond donors (Lipinski definition) is 2. The van der Waals surface area contributed by atoms with E-state index in [0.717, 1.165) is 6.42 Å². The lowest BCUT2D eigenvalue weighted by molar-refractivity contribution is 0.0424. The van der Waals surface area contributed by atoms with Crippen molar-refractivity contribution in [2.45, 2.75) is 19.4 Å². The van der Waals surface area contributed by atoms with E-state index in [1.54, 1.807) is 24.0 Å². The van der Waals surface area contributed by atoms with E-state index in [4.69, 9.17) is 4.42 Å². The smallest absolute Gasteiger partial charge is 0.289 e. The van der Waals surface area contributed by atoms with Crippen LogP contribution >= 0.6 is 0 Å². The number of hydrogen-bond acceptors (Lipinski definition) is 5. The molecule has 1 fully saturated rings. The van der Waals surface area contributed by atoms with Crippen molar-refractivity contribution in [1.29, 1.82) is 0 Å². The molecule has 23 heavy (non-hydrogen) atoms. The minimum absolute atomic E-state index is 0.110. The monoisotopic (exact) mass is 316 g/mol. The number of furan rings is 1.